The molecule has 1 aromatic rings. The fourth-order valence-electron chi connectivity index (χ4n) is 4.18. The predicted octanol–water partition coefficient (Wildman–Crippen LogP) is 2.80. The van der Waals surface area contributed by atoms with Gasteiger partial charge in [-0.3, -0.25) is 0 Å². The molecule has 3 rings (SSSR count). The number of aromatic nitrogens is 1. The number of pyridine rings is 1. The van der Waals surface area contributed by atoms with Crippen molar-refractivity contribution < 1.29 is 9.77 Å². The van der Waals surface area contributed by atoms with Crippen LogP contribution in [0.15, 0.2) is 35.7 Å². The van der Waals surface area contributed by atoms with E-state index in [2.05, 4.69) is 42.9 Å². The van der Waals surface area contributed by atoms with E-state index in [4.69, 9.17) is 0 Å². The second kappa shape index (κ2) is 3.56. The second-order valence-corrected chi connectivity index (χ2v) is 6.45. The van der Waals surface area contributed by atoms with Crippen molar-refractivity contribution in [1.82, 2.24) is 0 Å². The Balaban J connectivity index is 2.13. The fraction of sp³-hybridized carbons (Fsp3) is 0.600. The van der Waals surface area contributed by atoms with E-state index >= 15 is 0 Å². The van der Waals surface area contributed by atoms with Crippen molar-refractivity contribution in [3.63, 3.8) is 0 Å². The summed E-state index contributed by atoms with van der Waals surface area (Å²) in [6, 6.07) is 6.31. The lowest BCUT2D eigenvalue weighted by atomic mass is 9.70. The number of fused-ring (bicyclic) bond motifs is 2. The van der Waals surface area contributed by atoms with E-state index in [1.165, 1.54) is 6.42 Å². The van der Waals surface area contributed by atoms with Gasteiger partial charge in [-0.25, -0.2) is 0 Å². The predicted molar refractivity (Wildman–Crippen MR) is 69.5 cm³/mol. The van der Waals surface area contributed by atoms with Crippen LogP contribution in [-0.4, -0.2) is 10.9 Å². The summed E-state index contributed by atoms with van der Waals surface area (Å²) in [4.78, 5) is 0. The number of hydrogen-bond donors (Lipinski definition) is 1. The van der Waals surface area contributed by atoms with Gasteiger partial charge in [-0.2, -0.15) is 4.57 Å². The van der Waals surface area contributed by atoms with E-state index < -0.39 is 0 Å². The first kappa shape index (κ1) is 11.7. The molecule has 2 saturated carbocycles. The average molecular weight is 245 g/mol. The number of hydrogen-bond acceptors (Lipinski definition) is 2. The van der Waals surface area contributed by atoms with Crippen molar-refractivity contribution in [2.45, 2.75) is 39.7 Å². The lowest BCUT2D eigenvalue weighted by molar-refractivity contribution is -0.713. The maximum Gasteiger partial charge on any atom is 0.203 e. The first-order valence-corrected chi connectivity index (χ1v) is 6.70. The summed E-state index contributed by atoms with van der Waals surface area (Å²) in [5.41, 5.74) is 1.18. The van der Waals surface area contributed by atoms with Gasteiger partial charge >= 0.3 is 0 Å². The molecule has 0 radical (unpaired) electrons. The third-order valence-corrected chi connectivity index (χ3v) is 5.70. The van der Waals surface area contributed by atoms with Crippen molar-refractivity contribution in [3.05, 3.63) is 30.6 Å². The zero-order valence-electron chi connectivity index (χ0n) is 11.3. The lowest BCUT2D eigenvalue weighted by Gasteiger charge is -2.32. The minimum absolute atomic E-state index is 0.0277. The van der Waals surface area contributed by atoms with Gasteiger partial charge in [0.25, 0.3) is 0 Å². The van der Waals surface area contributed by atoms with Gasteiger partial charge in [0.15, 0.2) is 12.4 Å². The highest BCUT2D eigenvalue weighted by molar-refractivity contribution is 5.96. The van der Waals surface area contributed by atoms with Gasteiger partial charge in [0, 0.05) is 23.5 Å². The molecule has 3 atom stereocenters. The summed E-state index contributed by atoms with van der Waals surface area (Å²) in [5.74, 6) is 0.556. The van der Waals surface area contributed by atoms with Crippen LogP contribution >= 0.6 is 0 Å². The van der Waals surface area contributed by atoms with E-state index in [-0.39, 0.29) is 16.9 Å². The van der Waals surface area contributed by atoms with Gasteiger partial charge in [0.05, 0.1) is 0 Å². The van der Waals surface area contributed by atoms with Gasteiger partial charge in [-0.05, 0) is 18.3 Å². The van der Waals surface area contributed by atoms with Gasteiger partial charge in [0.2, 0.25) is 6.04 Å². The van der Waals surface area contributed by atoms with Crippen molar-refractivity contribution >= 4 is 5.71 Å². The van der Waals surface area contributed by atoms with Crippen LogP contribution in [-0.2, 0) is 0 Å². The Bertz CT molecular complexity index is 494. The fourth-order valence-corrected chi connectivity index (χ4v) is 4.18. The summed E-state index contributed by atoms with van der Waals surface area (Å²) >= 11 is 0. The molecule has 0 aromatic carbocycles. The van der Waals surface area contributed by atoms with E-state index in [9.17, 15) is 5.21 Å². The van der Waals surface area contributed by atoms with Crippen LogP contribution < -0.4 is 4.57 Å². The van der Waals surface area contributed by atoms with Crippen LogP contribution in [0.2, 0.25) is 0 Å². The molecule has 0 unspecified atom stereocenters. The molecule has 2 aliphatic rings. The van der Waals surface area contributed by atoms with Crippen molar-refractivity contribution in [3.8, 4) is 0 Å². The Hall–Kier alpha value is -1.38. The molecule has 0 spiro atoms. The monoisotopic (exact) mass is 245 g/mol. The standard InChI is InChI=1S/C15H20N2O/c1-14(2)11-7-8-15(14,3)13(16-18)12(11)17-9-5-4-6-10-17/h4-6,9-12H,7-8H2,1-3H3/p+1/b16-13-/t11-,12+,15-/m0/s1. The minimum Gasteiger partial charge on any atom is -0.411 e. The molecule has 2 aliphatic carbocycles. The first-order chi connectivity index (χ1) is 8.52. The van der Waals surface area contributed by atoms with Crippen LogP contribution in [0, 0.1) is 16.7 Å². The van der Waals surface area contributed by atoms with E-state index in [0.29, 0.717) is 5.92 Å². The number of oxime groups is 1. The zero-order chi connectivity index (χ0) is 13.0. The number of nitrogens with zero attached hydrogens (tertiary/aromatic N) is 2. The molecule has 2 bridgehead atoms. The van der Waals surface area contributed by atoms with E-state index in [1.807, 2.05) is 18.2 Å². The third-order valence-electron chi connectivity index (χ3n) is 5.70. The highest BCUT2D eigenvalue weighted by Gasteiger charge is 2.68. The van der Waals surface area contributed by atoms with Crippen molar-refractivity contribution in [2.24, 2.45) is 21.9 Å². The summed E-state index contributed by atoms with van der Waals surface area (Å²) in [6.07, 6.45) is 6.51. The van der Waals surface area contributed by atoms with E-state index in [1.54, 1.807) is 0 Å². The molecule has 96 valence electrons. The molecule has 0 aliphatic heterocycles. The Morgan fingerprint density at radius 3 is 2.50 bits per heavy atom. The maximum atomic E-state index is 9.49. The van der Waals surface area contributed by atoms with Gasteiger partial charge in [0.1, 0.15) is 5.71 Å². The number of rotatable bonds is 1. The summed E-state index contributed by atoms with van der Waals surface area (Å²) in [7, 11) is 0. The van der Waals surface area contributed by atoms with E-state index in [0.717, 1.165) is 12.1 Å². The Morgan fingerprint density at radius 1 is 1.22 bits per heavy atom. The Labute approximate surface area is 108 Å². The lowest BCUT2D eigenvalue weighted by Crippen LogP contribution is -2.47. The second-order valence-electron chi connectivity index (χ2n) is 6.45. The topological polar surface area (TPSA) is 36.5 Å². The van der Waals surface area contributed by atoms with Gasteiger partial charge in [-0.15, -0.1) is 0 Å². The summed E-state index contributed by atoms with van der Waals surface area (Å²) in [5, 5.41) is 13.2. The molecular formula is C15H21N2O+. The van der Waals surface area contributed by atoms with Crippen LogP contribution in [0.25, 0.3) is 0 Å². The highest BCUT2D eigenvalue weighted by atomic mass is 16.4. The first-order valence-electron chi connectivity index (χ1n) is 6.70. The maximum absolute atomic E-state index is 9.49. The minimum atomic E-state index is 0.0277. The average Bonchev–Trinajstić information content (AvgIpc) is 2.70. The van der Waals surface area contributed by atoms with Crippen LogP contribution in [0.1, 0.15) is 39.7 Å². The molecule has 0 amide bonds. The molecule has 1 heterocycles. The van der Waals surface area contributed by atoms with Gasteiger partial charge < -0.3 is 5.21 Å². The smallest absolute Gasteiger partial charge is 0.203 e. The van der Waals surface area contributed by atoms with Crippen molar-refractivity contribution in [2.75, 3.05) is 0 Å². The molecule has 1 aromatic heterocycles. The SMILES string of the molecule is CC1(C)[C@H]2CC[C@@]1(C)/C(=N\O)[C@@H]2[n+]1ccccc1. The molecule has 2 fully saturated rings. The van der Waals surface area contributed by atoms with Crippen LogP contribution in [0.4, 0.5) is 0 Å². The molecule has 1 N–H and O–H groups in total. The third kappa shape index (κ3) is 1.20. The Kier molecular flexibility index (Phi) is 2.31. The largest absolute Gasteiger partial charge is 0.411 e. The van der Waals surface area contributed by atoms with Crippen LogP contribution in [0.5, 0.6) is 0 Å². The summed E-state index contributed by atoms with van der Waals surface area (Å²) < 4.78 is 2.20. The summed E-state index contributed by atoms with van der Waals surface area (Å²) in [6.45, 7) is 6.89. The quantitative estimate of drug-likeness (QED) is 0.461. The zero-order valence-corrected chi connectivity index (χ0v) is 11.3. The highest BCUT2D eigenvalue weighted by Crippen LogP contribution is 2.66. The molecule has 0 saturated heterocycles. The van der Waals surface area contributed by atoms with Gasteiger partial charge in [-0.1, -0.05) is 32.0 Å². The molecule has 3 heteroatoms. The van der Waals surface area contributed by atoms with Crippen molar-refractivity contribution in [1.29, 1.82) is 0 Å². The Morgan fingerprint density at radius 2 is 1.89 bits per heavy atom. The van der Waals surface area contributed by atoms with Crippen LogP contribution in [0.3, 0.4) is 0 Å². The normalized spacial score (nSPS) is 39.4. The molecule has 18 heavy (non-hydrogen) atoms. The molecular weight excluding hydrogens is 224 g/mol. The molecule has 3 nitrogen and oxygen atoms in total.